The Morgan fingerprint density at radius 1 is 0.756 bits per heavy atom. The lowest BCUT2D eigenvalue weighted by Crippen LogP contribution is -2.60. The molecule has 2 aromatic carbocycles. The molecule has 2 aliphatic heterocycles. The number of fused-ring (bicyclic) bond motifs is 1. The third-order valence-electron chi connectivity index (χ3n) is 7.38. The van der Waals surface area contributed by atoms with Crippen LogP contribution in [-0.2, 0) is 19.0 Å². The number of aliphatic hydroxyl groups is 7. The molecule has 0 spiro atoms. The number of hydrogen-bond donors (Lipinski definition) is 9. The summed E-state index contributed by atoms with van der Waals surface area (Å²) in [6, 6.07) is 9.36. The van der Waals surface area contributed by atoms with Gasteiger partial charge in [-0.05, 0) is 24.3 Å². The second kappa shape index (κ2) is 13.3. The van der Waals surface area contributed by atoms with Crippen LogP contribution in [-0.4, -0.2) is 127 Å². The predicted molar refractivity (Wildman–Crippen MR) is 148 cm³/mol. The van der Waals surface area contributed by atoms with Gasteiger partial charge in [0.05, 0.1) is 18.2 Å². The molecule has 10 atom stereocenters. The van der Waals surface area contributed by atoms with Crippen LogP contribution in [0.2, 0.25) is 0 Å². The minimum atomic E-state index is -1.80. The first-order valence-electron chi connectivity index (χ1n) is 13.8. The lowest BCUT2D eigenvalue weighted by molar-refractivity contribution is -0.278. The molecule has 0 aliphatic carbocycles. The molecule has 16 heteroatoms. The number of benzene rings is 2. The van der Waals surface area contributed by atoms with Crippen LogP contribution in [0.25, 0.3) is 22.3 Å². The molecule has 5 rings (SSSR count). The fraction of sp³-hybridized carbons (Fsp3) is 0.448. The third kappa shape index (κ3) is 6.74. The lowest BCUT2D eigenvalue weighted by Gasteiger charge is -2.39. The third-order valence-corrected chi connectivity index (χ3v) is 7.38. The van der Waals surface area contributed by atoms with Gasteiger partial charge in [-0.3, -0.25) is 4.79 Å². The highest BCUT2D eigenvalue weighted by atomic mass is 16.7. The normalized spacial score (nSPS) is 31.8. The van der Waals surface area contributed by atoms with E-state index in [1.807, 2.05) is 0 Å². The Hall–Kier alpha value is -3.84. The molecule has 2 fully saturated rings. The summed E-state index contributed by atoms with van der Waals surface area (Å²) in [5, 5.41) is 92.3. The van der Waals surface area contributed by atoms with Crippen LogP contribution >= 0.6 is 0 Å². The largest absolute Gasteiger partial charge is 0.508 e. The molecule has 0 bridgehead atoms. The summed E-state index contributed by atoms with van der Waals surface area (Å²) < 4.78 is 33.8. The van der Waals surface area contributed by atoms with Crippen LogP contribution in [0.15, 0.2) is 46.9 Å². The maximum absolute atomic E-state index is 11.3. The van der Waals surface area contributed by atoms with Crippen molar-refractivity contribution in [1.82, 2.24) is 0 Å². The van der Waals surface area contributed by atoms with Crippen molar-refractivity contribution < 1.29 is 78.9 Å². The molecule has 0 radical (unpaired) electrons. The van der Waals surface area contributed by atoms with Crippen LogP contribution in [0.1, 0.15) is 6.92 Å². The Morgan fingerprint density at radius 3 is 1.93 bits per heavy atom. The Bertz CT molecular complexity index is 1500. The Morgan fingerprint density at radius 2 is 1.33 bits per heavy atom. The highest BCUT2D eigenvalue weighted by Gasteiger charge is 2.47. The van der Waals surface area contributed by atoms with E-state index in [2.05, 4.69) is 0 Å². The minimum Gasteiger partial charge on any atom is -0.508 e. The van der Waals surface area contributed by atoms with Crippen LogP contribution in [0, 0.1) is 0 Å². The fourth-order valence-electron chi connectivity index (χ4n) is 4.94. The molecule has 0 amide bonds. The average molecular weight is 638 g/mol. The molecular weight excluding hydrogens is 604 g/mol. The quantitative estimate of drug-likeness (QED) is 0.103. The maximum atomic E-state index is 11.3. The van der Waals surface area contributed by atoms with E-state index in [9.17, 15) is 50.8 Å². The van der Waals surface area contributed by atoms with Crippen molar-refractivity contribution in [3.8, 4) is 34.3 Å². The Labute approximate surface area is 254 Å². The van der Waals surface area contributed by atoms with Crippen molar-refractivity contribution in [3.05, 3.63) is 42.5 Å². The summed E-state index contributed by atoms with van der Waals surface area (Å²) in [4.78, 5) is 11.3. The molecule has 3 aromatic rings. The van der Waals surface area contributed by atoms with Gasteiger partial charge < -0.3 is 69.6 Å². The summed E-state index contributed by atoms with van der Waals surface area (Å²) in [6.45, 7) is -0.0440. The number of aromatic hydroxyl groups is 2. The van der Waals surface area contributed by atoms with Crippen molar-refractivity contribution in [2.24, 2.45) is 0 Å². The van der Waals surface area contributed by atoms with E-state index >= 15 is 0 Å². The van der Waals surface area contributed by atoms with Gasteiger partial charge in [-0.2, -0.15) is 0 Å². The van der Waals surface area contributed by atoms with E-state index in [-0.39, 0.29) is 39.7 Å². The van der Waals surface area contributed by atoms with Gasteiger partial charge in [-0.25, -0.2) is 4.42 Å². The zero-order valence-electron chi connectivity index (χ0n) is 23.6. The number of hydrogen-bond acceptors (Lipinski definition) is 15. The Balaban J connectivity index is 1.56. The first kappa shape index (κ1) is 32.6. The molecule has 3 heterocycles. The Kier molecular flexibility index (Phi) is 9.59. The molecule has 10 unspecified atom stereocenters. The van der Waals surface area contributed by atoms with Gasteiger partial charge >= 0.3 is 17.3 Å². The molecule has 0 saturated carbocycles. The van der Waals surface area contributed by atoms with Gasteiger partial charge in [0.25, 0.3) is 0 Å². The summed E-state index contributed by atoms with van der Waals surface area (Å²) in [5.41, 5.74) is 0.338. The van der Waals surface area contributed by atoms with Crippen LogP contribution in [0.5, 0.6) is 23.0 Å². The van der Waals surface area contributed by atoms with E-state index in [0.29, 0.717) is 5.56 Å². The van der Waals surface area contributed by atoms with Crippen LogP contribution < -0.4 is 9.47 Å². The molecule has 2 saturated heterocycles. The fourth-order valence-corrected chi connectivity index (χ4v) is 4.94. The number of aliphatic hydroxyl groups excluding tert-OH is 7. The van der Waals surface area contributed by atoms with Gasteiger partial charge in [0.1, 0.15) is 78.1 Å². The van der Waals surface area contributed by atoms with Crippen LogP contribution in [0.4, 0.5) is 0 Å². The van der Waals surface area contributed by atoms with Gasteiger partial charge in [0.2, 0.25) is 18.3 Å². The summed E-state index contributed by atoms with van der Waals surface area (Å²) in [5.74, 6) is -1.43. The number of phenols is 2. The molecule has 45 heavy (non-hydrogen) atoms. The smallest absolute Gasteiger partial charge is 0.402 e. The van der Waals surface area contributed by atoms with Gasteiger partial charge in [-0.1, -0.05) is 0 Å². The summed E-state index contributed by atoms with van der Waals surface area (Å²) in [6.07, 6.45) is -16.3. The number of carbonyl (C=O) groups is 1. The van der Waals surface area contributed by atoms with Crippen molar-refractivity contribution in [1.29, 1.82) is 0 Å². The van der Waals surface area contributed by atoms with E-state index in [1.54, 1.807) is 0 Å². The molecule has 9 N–H and O–H groups in total. The number of ether oxygens (including phenoxy) is 5. The van der Waals surface area contributed by atoms with E-state index in [1.165, 1.54) is 36.4 Å². The minimum absolute atomic E-state index is 0.00156. The first-order valence-corrected chi connectivity index (χ1v) is 13.8. The second-order valence-corrected chi connectivity index (χ2v) is 10.6. The van der Waals surface area contributed by atoms with Crippen molar-refractivity contribution >= 4 is 16.9 Å². The van der Waals surface area contributed by atoms with Crippen molar-refractivity contribution in [2.75, 3.05) is 13.2 Å². The summed E-state index contributed by atoms with van der Waals surface area (Å²) >= 11 is 0. The van der Waals surface area contributed by atoms with E-state index < -0.39 is 80.6 Å². The second-order valence-electron chi connectivity index (χ2n) is 10.6. The average Bonchev–Trinajstić information content (AvgIpc) is 3.01. The van der Waals surface area contributed by atoms with Crippen LogP contribution in [0.3, 0.4) is 0 Å². The number of phenolic OH excluding ortho intramolecular Hbond substituents is 2. The molecular formula is C29H33O16+. The number of rotatable bonds is 8. The highest BCUT2D eigenvalue weighted by molar-refractivity contribution is 5.88. The van der Waals surface area contributed by atoms with Gasteiger partial charge in [0.15, 0.2) is 0 Å². The van der Waals surface area contributed by atoms with Crippen molar-refractivity contribution in [3.63, 3.8) is 0 Å². The molecule has 244 valence electrons. The maximum Gasteiger partial charge on any atom is 0.402 e. The highest BCUT2D eigenvalue weighted by Crippen LogP contribution is 2.42. The summed E-state index contributed by atoms with van der Waals surface area (Å²) in [7, 11) is 0. The van der Waals surface area contributed by atoms with E-state index in [4.69, 9.17) is 28.1 Å². The molecule has 1 aromatic heterocycles. The molecule has 2 aliphatic rings. The van der Waals surface area contributed by atoms with E-state index in [0.717, 1.165) is 13.0 Å². The topological polar surface area (TPSA) is 257 Å². The SMILES string of the molecule is CC(=O)OCC1OC(Oc2cc3c(OC4OC(CO)C(O)C(O)C4O)cc(O)cc3[o+]c2-c2ccc(O)cc2)C(O)C(O)C1O. The number of esters is 1. The lowest BCUT2D eigenvalue weighted by atomic mass is 9.99. The zero-order chi connectivity index (χ0) is 32.6. The monoisotopic (exact) mass is 637 g/mol. The number of carbonyl (C=O) groups excluding carboxylic acids is 1. The first-order chi connectivity index (χ1) is 21.4. The van der Waals surface area contributed by atoms with Crippen molar-refractivity contribution in [2.45, 2.75) is 68.3 Å². The zero-order valence-corrected chi connectivity index (χ0v) is 23.6. The predicted octanol–water partition coefficient (Wildman–Crippen LogP) is -1.28. The standard InChI is InChI=1S/C29H32O16/c1-11(31)40-10-20-22(35)24(37)26(39)29(45-20)43-18-8-15-16(41-27(18)12-2-4-13(32)5-3-12)6-14(33)7-17(15)42-28-25(38)23(36)21(34)19(9-30)44-28/h2-8,19-26,28-30,34-39H,9-10H2,1H3,(H-,32,33)/p+1. The van der Waals surface area contributed by atoms with Gasteiger partial charge in [-0.15, -0.1) is 0 Å². The molecule has 16 nitrogen and oxygen atoms in total. The van der Waals surface area contributed by atoms with Gasteiger partial charge in [0, 0.05) is 19.1 Å².